The maximum atomic E-state index is 12.6. The SMILES string of the molecule is COc1ccccc1C(=O)Nc1nc2scc(-c3ccc(NC(C)=O)cc3)n2n1. The van der Waals surface area contributed by atoms with Gasteiger partial charge in [-0.15, -0.1) is 16.4 Å². The summed E-state index contributed by atoms with van der Waals surface area (Å²) in [5.74, 6) is 0.221. The van der Waals surface area contributed by atoms with Crippen molar-refractivity contribution in [1.29, 1.82) is 0 Å². The molecule has 0 atom stereocenters. The molecular weight excluding hydrogens is 390 g/mol. The molecule has 0 bridgehead atoms. The number of rotatable bonds is 5. The average Bonchev–Trinajstić information content (AvgIpc) is 3.28. The molecule has 0 saturated heterocycles. The van der Waals surface area contributed by atoms with Crippen LogP contribution < -0.4 is 15.4 Å². The molecule has 2 aromatic heterocycles. The quantitative estimate of drug-likeness (QED) is 0.526. The molecule has 146 valence electrons. The Morgan fingerprint density at radius 1 is 1.07 bits per heavy atom. The number of ether oxygens (including phenoxy) is 1. The average molecular weight is 407 g/mol. The monoisotopic (exact) mass is 407 g/mol. The summed E-state index contributed by atoms with van der Waals surface area (Å²) in [5, 5.41) is 11.8. The second-order valence-corrected chi connectivity index (χ2v) is 7.00. The van der Waals surface area contributed by atoms with Crippen LogP contribution in [0.15, 0.2) is 53.9 Å². The Balaban J connectivity index is 1.59. The van der Waals surface area contributed by atoms with Crippen LogP contribution in [0.1, 0.15) is 17.3 Å². The Kier molecular flexibility index (Phi) is 4.96. The van der Waals surface area contributed by atoms with Crippen molar-refractivity contribution in [3.63, 3.8) is 0 Å². The van der Waals surface area contributed by atoms with Gasteiger partial charge >= 0.3 is 0 Å². The first kappa shape index (κ1) is 18.6. The van der Waals surface area contributed by atoms with Crippen LogP contribution in [-0.4, -0.2) is 33.5 Å². The van der Waals surface area contributed by atoms with Gasteiger partial charge in [0.15, 0.2) is 0 Å². The van der Waals surface area contributed by atoms with Crippen molar-refractivity contribution in [2.24, 2.45) is 0 Å². The largest absolute Gasteiger partial charge is 0.496 e. The Bertz CT molecular complexity index is 1200. The molecule has 2 heterocycles. The molecule has 2 aromatic carbocycles. The van der Waals surface area contributed by atoms with Gasteiger partial charge in [-0.05, 0) is 24.3 Å². The van der Waals surface area contributed by atoms with E-state index in [1.54, 1.807) is 28.8 Å². The van der Waals surface area contributed by atoms with E-state index in [2.05, 4.69) is 20.7 Å². The van der Waals surface area contributed by atoms with Gasteiger partial charge < -0.3 is 10.1 Å². The summed E-state index contributed by atoms with van der Waals surface area (Å²) in [7, 11) is 1.51. The number of thiazole rings is 1. The van der Waals surface area contributed by atoms with E-state index in [4.69, 9.17) is 4.74 Å². The number of nitrogens with one attached hydrogen (secondary N) is 2. The van der Waals surface area contributed by atoms with Gasteiger partial charge in [0.1, 0.15) is 5.75 Å². The van der Waals surface area contributed by atoms with Crippen LogP contribution in [0.5, 0.6) is 5.75 Å². The highest BCUT2D eigenvalue weighted by Gasteiger charge is 2.16. The minimum Gasteiger partial charge on any atom is -0.496 e. The van der Waals surface area contributed by atoms with Crippen molar-refractivity contribution in [1.82, 2.24) is 14.6 Å². The van der Waals surface area contributed by atoms with Crippen molar-refractivity contribution in [2.75, 3.05) is 17.7 Å². The Hall–Kier alpha value is -3.72. The highest BCUT2D eigenvalue weighted by Crippen LogP contribution is 2.27. The molecule has 0 unspecified atom stereocenters. The highest BCUT2D eigenvalue weighted by atomic mass is 32.1. The standard InChI is InChI=1S/C20H17N5O3S/c1-12(26)21-14-9-7-13(8-10-14)16-11-29-20-23-19(24-25(16)20)22-18(27)15-5-3-4-6-17(15)28-2/h3-11H,1-2H3,(H,21,26)(H,22,24,27). The molecule has 0 fully saturated rings. The molecule has 0 aliphatic heterocycles. The van der Waals surface area contributed by atoms with Gasteiger partial charge in [-0.2, -0.15) is 4.98 Å². The molecule has 4 aromatic rings. The number of benzene rings is 2. The van der Waals surface area contributed by atoms with Crippen molar-refractivity contribution in [3.05, 3.63) is 59.5 Å². The number of nitrogens with zero attached hydrogens (tertiary/aromatic N) is 3. The second kappa shape index (κ2) is 7.72. The molecule has 4 rings (SSSR count). The van der Waals surface area contributed by atoms with E-state index >= 15 is 0 Å². The topological polar surface area (TPSA) is 97.6 Å². The molecule has 0 aliphatic carbocycles. The highest BCUT2D eigenvalue weighted by molar-refractivity contribution is 7.15. The summed E-state index contributed by atoms with van der Waals surface area (Å²) in [6, 6.07) is 14.4. The number of para-hydroxylation sites is 1. The summed E-state index contributed by atoms with van der Waals surface area (Å²) in [6.45, 7) is 1.46. The lowest BCUT2D eigenvalue weighted by atomic mass is 10.1. The molecule has 0 radical (unpaired) electrons. The third-order valence-electron chi connectivity index (χ3n) is 4.16. The van der Waals surface area contributed by atoms with Gasteiger partial charge in [0.05, 0.1) is 18.4 Å². The van der Waals surface area contributed by atoms with E-state index in [9.17, 15) is 9.59 Å². The van der Waals surface area contributed by atoms with Crippen LogP contribution >= 0.6 is 11.3 Å². The predicted octanol–water partition coefficient (Wildman–Crippen LogP) is 3.68. The lowest BCUT2D eigenvalue weighted by Gasteiger charge is -2.06. The minimum atomic E-state index is -0.345. The number of fused-ring (bicyclic) bond motifs is 1. The molecule has 8 nitrogen and oxygen atoms in total. The van der Waals surface area contributed by atoms with Crippen LogP contribution in [0.3, 0.4) is 0 Å². The molecule has 0 spiro atoms. The number of carbonyl (C=O) groups is 2. The van der Waals surface area contributed by atoms with Gasteiger partial charge in [0.25, 0.3) is 11.9 Å². The number of amides is 2. The fourth-order valence-electron chi connectivity index (χ4n) is 2.86. The fraction of sp³-hybridized carbons (Fsp3) is 0.100. The number of hydrogen-bond acceptors (Lipinski definition) is 6. The Morgan fingerprint density at radius 2 is 1.83 bits per heavy atom. The molecule has 29 heavy (non-hydrogen) atoms. The third-order valence-corrected chi connectivity index (χ3v) is 4.98. The van der Waals surface area contributed by atoms with Crippen molar-refractivity contribution in [2.45, 2.75) is 6.92 Å². The first-order chi connectivity index (χ1) is 14.0. The van der Waals surface area contributed by atoms with Gasteiger partial charge in [-0.1, -0.05) is 24.3 Å². The van der Waals surface area contributed by atoms with E-state index in [0.717, 1.165) is 16.9 Å². The fourth-order valence-corrected chi connectivity index (χ4v) is 3.69. The van der Waals surface area contributed by atoms with E-state index in [1.165, 1.54) is 25.4 Å². The first-order valence-corrected chi connectivity index (χ1v) is 9.60. The lowest BCUT2D eigenvalue weighted by molar-refractivity contribution is -0.114. The first-order valence-electron chi connectivity index (χ1n) is 8.72. The zero-order valence-electron chi connectivity index (χ0n) is 15.7. The third kappa shape index (κ3) is 3.81. The summed E-state index contributed by atoms with van der Waals surface area (Å²) in [6.07, 6.45) is 0. The maximum absolute atomic E-state index is 12.6. The molecule has 2 N–H and O–H groups in total. The molecule has 2 amide bonds. The number of aromatic nitrogens is 3. The van der Waals surface area contributed by atoms with E-state index in [0.29, 0.717) is 16.3 Å². The summed E-state index contributed by atoms with van der Waals surface area (Å²) < 4.78 is 6.90. The predicted molar refractivity (Wildman–Crippen MR) is 112 cm³/mol. The van der Waals surface area contributed by atoms with Crippen molar-refractivity contribution >= 4 is 39.7 Å². The van der Waals surface area contributed by atoms with Gasteiger partial charge in [0.2, 0.25) is 10.9 Å². The summed E-state index contributed by atoms with van der Waals surface area (Å²) in [5.41, 5.74) is 2.88. The lowest BCUT2D eigenvalue weighted by Crippen LogP contribution is -2.14. The second-order valence-electron chi connectivity index (χ2n) is 6.16. The number of anilines is 2. The molecule has 0 aliphatic rings. The van der Waals surface area contributed by atoms with Gasteiger partial charge in [0, 0.05) is 23.6 Å². The molecule has 0 saturated carbocycles. The summed E-state index contributed by atoms with van der Waals surface area (Å²) >= 11 is 1.42. The van der Waals surface area contributed by atoms with Crippen LogP contribution in [0.4, 0.5) is 11.6 Å². The zero-order valence-corrected chi connectivity index (χ0v) is 16.5. The van der Waals surface area contributed by atoms with Crippen LogP contribution in [0.2, 0.25) is 0 Å². The summed E-state index contributed by atoms with van der Waals surface area (Å²) in [4.78, 5) is 28.8. The Morgan fingerprint density at radius 3 is 2.55 bits per heavy atom. The van der Waals surface area contributed by atoms with Crippen molar-refractivity contribution in [3.8, 4) is 17.0 Å². The van der Waals surface area contributed by atoms with Crippen molar-refractivity contribution < 1.29 is 14.3 Å². The zero-order chi connectivity index (χ0) is 20.4. The number of hydrogen-bond donors (Lipinski definition) is 2. The maximum Gasteiger partial charge on any atom is 0.261 e. The smallest absolute Gasteiger partial charge is 0.261 e. The van der Waals surface area contributed by atoms with E-state index < -0.39 is 0 Å². The van der Waals surface area contributed by atoms with Gasteiger partial charge in [-0.25, -0.2) is 4.52 Å². The van der Waals surface area contributed by atoms with Gasteiger partial charge in [-0.3, -0.25) is 14.9 Å². The van der Waals surface area contributed by atoms with Crippen LogP contribution in [-0.2, 0) is 4.79 Å². The Labute approximate surface area is 170 Å². The minimum absolute atomic E-state index is 0.123. The van der Waals surface area contributed by atoms with E-state index in [1.807, 2.05) is 29.6 Å². The van der Waals surface area contributed by atoms with E-state index in [-0.39, 0.29) is 17.8 Å². The van der Waals surface area contributed by atoms with Crippen LogP contribution in [0.25, 0.3) is 16.2 Å². The molecule has 9 heteroatoms. The molecular formula is C20H17N5O3S. The number of methoxy groups -OCH3 is 1. The van der Waals surface area contributed by atoms with Crippen LogP contribution in [0, 0.1) is 0 Å². The normalized spacial score (nSPS) is 10.7. The number of carbonyl (C=O) groups excluding carboxylic acids is 2.